The van der Waals surface area contributed by atoms with Crippen LogP contribution in [0.3, 0.4) is 0 Å². The summed E-state index contributed by atoms with van der Waals surface area (Å²) in [5, 5.41) is 7.14. The van der Waals surface area contributed by atoms with Gasteiger partial charge in [0.2, 0.25) is 0 Å². The SMILES string of the molecule is CC(C)c1cc(CN(C)C(=O)N[C@H](Cn2ccnc2)c2ccccc2)on1. The van der Waals surface area contributed by atoms with E-state index in [2.05, 4.69) is 29.3 Å². The highest BCUT2D eigenvalue weighted by molar-refractivity contribution is 5.74. The second-order valence-corrected chi connectivity index (χ2v) is 6.90. The molecule has 0 fully saturated rings. The van der Waals surface area contributed by atoms with Crippen LogP contribution in [0.5, 0.6) is 0 Å². The number of nitrogens with zero attached hydrogens (tertiary/aromatic N) is 4. The van der Waals surface area contributed by atoms with Crippen LogP contribution in [-0.2, 0) is 13.1 Å². The molecule has 0 unspecified atom stereocenters. The van der Waals surface area contributed by atoms with Crippen molar-refractivity contribution in [3.63, 3.8) is 0 Å². The zero-order chi connectivity index (χ0) is 19.2. The third kappa shape index (κ3) is 4.97. The highest BCUT2D eigenvalue weighted by atomic mass is 16.5. The van der Waals surface area contributed by atoms with E-state index in [1.807, 2.05) is 47.2 Å². The summed E-state index contributed by atoms with van der Waals surface area (Å²) in [4.78, 5) is 18.4. The van der Waals surface area contributed by atoms with Gasteiger partial charge in [-0.1, -0.05) is 49.3 Å². The molecule has 2 amide bonds. The Morgan fingerprint density at radius 1 is 1.30 bits per heavy atom. The van der Waals surface area contributed by atoms with Crippen molar-refractivity contribution in [2.75, 3.05) is 7.05 Å². The maximum atomic E-state index is 12.7. The van der Waals surface area contributed by atoms with E-state index in [1.54, 1.807) is 24.5 Å². The highest BCUT2D eigenvalue weighted by Crippen LogP contribution is 2.17. The van der Waals surface area contributed by atoms with Gasteiger partial charge in [0.25, 0.3) is 0 Å². The Bertz CT molecular complexity index is 842. The van der Waals surface area contributed by atoms with E-state index in [0.29, 0.717) is 24.8 Å². The summed E-state index contributed by atoms with van der Waals surface area (Å²) in [6.07, 6.45) is 5.35. The molecule has 3 rings (SSSR count). The molecule has 0 bridgehead atoms. The average Bonchev–Trinajstić information content (AvgIpc) is 3.34. The van der Waals surface area contributed by atoms with Crippen molar-refractivity contribution in [2.45, 2.75) is 38.9 Å². The predicted octanol–water partition coefficient (Wildman–Crippen LogP) is 3.58. The van der Waals surface area contributed by atoms with Crippen LogP contribution in [0.4, 0.5) is 4.79 Å². The molecule has 0 radical (unpaired) electrons. The fourth-order valence-corrected chi connectivity index (χ4v) is 2.77. The molecule has 7 heteroatoms. The molecule has 0 aliphatic rings. The number of rotatable bonds is 7. The minimum absolute atomic E-state index is 0.170. The summed E-state index contributed by atoms with van der Waals surface area (Å²) in [5.41, 5.74) is 1.93. The minimum Gasteiger partial charge on any atom is -0.359 e. The van der Waals surface area contributed by atoms with E-state index >= 15 is 0 Å². The maximum Gasteiger partial charge on any atom is 0.318 e. The van der Waals surface area contributed by atoms with Gasteiger partial charge in [-0.15, -0.1) is 0 Å². The van der Waals surface area contributed by atoms with Crippen LogP contribution in [0.1, 0.15) is 42.8 Å². The lowest BCUT2D eigenvalue weighted by atomic mass is 10.1. The van der Waals surface area contributed by atoms with Crippen molar-refractivity contribution in [2.24, 2.45) is 0 Å². The van der Waals surface area contributed by atoms with Crippen molar-refractivity contribution < 1.29 is 9.32 Å². The normalized spacial score (nSPS) is 12.1. The van der Waals surface area contributed by atoms with E-state index in [4.69, 9.17) is 4.52 Å². The lowest BCUT2D eigenvalue weighted by Gasteiger charge is -2.23. The number of urea groups is 1. The Kier molecular flexibility index (Phi) is 5.90. The third-order valence-corrected chi connectivity index (χ3v) is 4.36. The number of aromatic nitrogens is 3. The van der Waals surface area contributed by atoms with Gasteiger partial charge in [0.05, 0.1) is 24.6 Å². The molecule has 0 aliphatic carbocycles. The van der Waals surface area contributed by atoms with Crippen LogP contribution >= 0.6 is 0 Å². The molecule has 0 saturated carbocycles. The number of benzene rings is 1. The molecule has 1 N–H and O–H groups in total. The van der Waals surface area contributed by atoms with Crippen molar-refractivity contribution >= 4 is 6.03 Å². The summed E-state index contributed by atoms with van der Waals surface area (Å²) in [6, 6.07) is 11.5. The second kappa shape index (κ2) is 8.53. The van der Waals surface area contributed by atoms with Gasteiger partial charge < -0.3 is 19.3 Å². The monoisotopic (exact) mass is 367 g/mol. The van der Waals surface area contributed by atoms with E-state index in [0.717, 1.165) is 11.3 Å². The van der Waals surface area contributed by atoms with Gasteiger partial charge in [0, 0.05) is 32.1 Å². The van der Waals surface area contributed by atoms with Gasteiger partial charge in [0.15, 0.2) is 5.76 Å². The average molecular weight is 367 g/mol. The smallest absolute Gasteiger partial charge is 0.318 e. The van der Waals surface area contributed by atoms with Gasteiger partial charge in [-0.25, -0.2) is 9.78 Å². The molecule has 1 atom stereocenters. The molecule has 142 valence electrons. The van der Waals surface area contributed by atoms with Crippen LogP contribution in [0.15, 0.2) is 59.6 Å². The van der Waals surface area contributed by atoms with Crippen LogP contribution < -0.4 is 5.32 Å². The predicted molar refractivity (Wildman–Crippen MR) is 102 cm³/mol. The van der Waals surface area contributed by atoms with Crippen LogP contribution in [0.2, 0.25) is 0 Å². The van der Waals surface area contributed by atoms with E-state index < -0.39 is 0 Å². The molecule has 0 saturated heterocycles. The first-order valence-electron chi connectivity index (χ1n) is 9.00. The van der Waals surface area contributed by atoms with Crippen molar-refractivity contribution in [3.05, 3.63) is 72.1 Å². The molecule has 7 nitrogen and oxygen atoms in total. The number of amides is 2. The molecular formula is C20H25N5O2. The lowest BCUT2D eigenvalue weighted by molar-refractivity contribution is 0.195. The molecule has 2 aromatic heterocycles. The maximum absolute atomic E-state index is 12.7. The highest BCUT2D eigenvalue weighted by Gasteiger charge is 2.19. The fraction of sp³-hybridized carbons (Fsp3) is 0.350. The Hall–Kier alpha value is -3.09. The van der Waals surface area contributed by atoms with Crippen LogP contribution in [-0.4, -0.2) is 32.7 Å². The van der Waals surface area contributed by atoms with Gasteiger partial charge in [-0.3, -0.25) is 0 Å². The van der Waals surface area contributed by atoms with Crippen molar-refractivity contribution in [3.8, 4) is 0 Å². The van der Waals surface area contributed by atoms with Gasteiger partial charge in [-0.2, -0.15) is 0 Å². The van der Waals surface area contributed by atoms with Gasteiger partial charge in [-0.05, 0) is 11.5 Å². The summed E-state index contributed by atoms with van der Waals surface area (Å²) in [5.74, 6) is 0.960. The quantitative estimate of drug-likeness (QED) is 0.692. The number of carbonyl (C=O) groups excluding carboxylic acids is 1. The number of carbonyl (C=O) groups is 1. The molecule has 2 heterocycles. The third-order valence-electron chi connectivity index (χ3n) is 4.36. The Balaban J connectivity index is 1.67. The summed E-state index contributed by atoms with van der Waals surface area (Å²) in [7, 11) is 1.74. The Morgan fingerprint density at radius 3 is 2.70 bits per heavy atom. The van der Waals surface area contributed by atoms with Gasteiger partial charge >= 0.3 is 6.03 Å². The first-order chi connectivity index (χ1) is 13.0. The van der Waals surface area contributed by atoms with E-state index in [9.17, 15) is 4.79 Å². The number of hydrogen-bond donors (Lipinski definition) is 1. The molecule has 3 aromatic rings. The number of hydrogen-bond acceptors (Lipinski definition) is 4. The summed E-state index contributed by atoms with van der Waals surface area (Å²) < 4.78 is 7.29. The zero-order valence-electron chi connectivity index (χ0n) is 15.9. The van der Waals surface area contributed by atoms with Crippen molar-refractivity contribution in [1.82, 2.24) is 24.9 Å². The standard InChI is InChI=1S/C20H25N5O2/c1-15(2)18-11-17(27-23-18)12-24(3)20(26)22-19(13-25-10-9-21-14-25)16-7-5-4-6-8-16/h4-11,14-15,19H,12-13H2,1-3H3,(H,22,26)/t19-/m1/s1. The summed E-state index contributed by atoms with van der Waals surface area (Å²) >= 11 is 0. The fourth-order valence-electron chi connectivity index (χ4n) is 2.77. The lowest BCUT2D eigenvalue weighted by Crippen LogP contribution is -2.40. The molecular weight excluding hydrogens is 342 g/mol. The largest absolute Gasteiger partial charge is 0.359 e. The van der Waals surface area contributed by atoms with Crippen LogP contribution in [0, 0.1) is 0 Å². The Labute approximate surface area is 159 Å². The Morgan fingerprint density at radius 2 is 2.07 bits per heavy atom. The first-order valence-corrected chi connectivity index (χ1v) is 9.00. The van der Waals surface area contributed by atoms with Crippen LogP contribution in [0.25, 0.3) is 0 Å². The summed E-state index contributed by atoms with van der Waals surface area (Å²) in [6.45, 7) is 5.07. The second-order valence-electron chi connectivity index (χ2n) is 6.90. The van der Waals surface area contributed by atoms with Gasteiger partial charge in [0.1, 0.15) is 0 Å². The van der Waals surface area contributed by atoms with E-state index in [1.165, 1.54) is 0 Å². The zero-order valence-corrected chi connectivity index (χ0v) is 15.9. The number of nitrogens with one attached hydrogen (secondary N) is 1. The molecule has 1 aromatic carbocycles. The van der Waals surface area contributed by atoms with Crippen molar-refractivity contribution in [1.29, 1.82) is 0 Å². The minimum atomic E-state index is -0.175. The first kappa shape index (κ1) is 18.7. The van der Waals surface area contributed by atoms with E-state index in [-0.39, 0.29) is 12.1 Å². The molecule has 0 aliphatic heterocycles. The molecule has 0 spiro atoms. The number of imidazole rings is 1. The topological polar surface area (TPSA) is 76.2 Å². The molecule has 27 heavy (non-hydrogen) atoms.